The van der Waals surface area contributed by atoms with Gasteiger partial charge in [-0.3, -0.25) is 0 Å². The van der Waals surface area contributed by atoms with Crippen molar-refractivity contribution in [1.82, 2.24) is 10.2 Å². The monoisotopic (exact) mass is 254 g/mol. The van der Waals surface area contributed by atoms with Crippen LogP contribution < -0.4 is 5.32 Å². The quantitative estimate of drug-likeness (QED) is 0.728. The van der Waals surface area contributed by atoms with E-state index < -0.39 is 0 Å². The van der Waals surface area contributed by atoms with Crippen LogP contribution in [0.25, 0.3) is 0 Å². The van der Waals surface area contributed by atoms with E-state index in [2.05, 4.69) is 24.1 Å². The number of aliphatic hydroxyl groups excluding tert-OH is 1. The Hall–Kier alpha value is -0.120. The van der Waals surface area contributed by atoms with Gasteiger partial charge in [0.05, 0.1) is 0 Å². The first-order valence-corrected chi connectivity index (χ1v) is 7.76. The SMILES string of the molecule is CCCN1CCCC(C(C)NCC2(CO)CC2)C1. The fourth-order valence-corrected chi connectivity index (χ4v) is 3.13. The lowest BCUT2D eigenvalue weighted by molar-refractivity contribution is 0.143. The Bertz CT molecular complexity index is 251. The molecule has 1 saturated heterocycles. The minimum Gasteiger partial charge on any atom is -0.396 e. The molecule has 2 unspecified atom stereocenters. The zero-order chi connectivity index (χ0) is 13.0. The van der Waals surface area contributed by atoms with Gasteiger partial charge in [-0.2, -0.15) is 0 Å². The third-order valence-corrected chi connectivity index (χ3v) is 4.88. The number of piperidine rings is 1. The summed E-state index contributed by atoms with van der Waals surface area (Å²) >= 11 is 0. The maximum atomic E-state index is 9.34. The molecule has 0 amide bonds. The second-order valence-corrected chi connectivity index (χ2v) is 6.53. The van der Waals surface area contributed by atoms with Crippen LogP contribution in [0.15, 0.2) is 0 Å². The second kappa shape index (κ2) is 6.36. The Morgan fingerprint density at radius 3 is 2.83 bits per heavy atom. The molecule has 18 heavy (non-hydrogen) atoms. The normalized spacial score (nSPS) is 29.2. The summed E-state index contributed by atoms with van der Waals surface area (Å²) < 4.78 is 0. The van der Waals surface area contributed by atoms with E-state index in [4.69, 9.17) is 0 Å². The number of nitrogens with one attached hydrogen (secondary N) is 1. The average molecular weight is 254 g/mol. The van der Waals surface area contributed by atoms with Crippen molar-refractivity contribution in [1.29, 1.82) is 0 Å². The molecule has 106 valence electrons. The van der Waals surface area contributed by atoms with Gasteiger partial charge in [0.1, 0.15) is 0 Å². The summed E-state index contributed by atoms with van der Waals surface area (Å²) in [5, 5.41) is 13.0. The Kier molecular flexibility index (Phi) is 5.05. The van der Waals surface area contributed by atoms with Crippen molar-refractivity contribution in [2.24, 2.45) is 11.3 Å². The second-order valence-electron chi connectivity index (χ2n) is 6.53. The maximum absolute atomic E-state index is 9.34. The molecule has 0 spiro atoms. The number of hydrogen-bond acceptors (Lipinski definition) is 3. The Morgan fingerprint density at radius 2 is 2.22 bits per heavy atom. The standard InChI is InChI=1S/C15H30N2O/c1-3-8-17-9-4-5-14(10-17)13(2)16-11-15(12-18)6-7-15/h13-14,16,18H,3-12H2,1-2H3. The van der Waals surface area contributed by atoms with Crippen LogP contribution in [0.4, 0.5) is 0 Å². The molecule has 0 aromatic carbocycles. The zero-order valence-electron chi connectivity index (χ0n) is 12.1. The number of nitrogens with zero attached hydrogens (tertiary/aromatic N) is 1. The van der Waals surface area contributed by atoms with E-state index in [1.54, 1.807) is 0 Å². The van der Waals surface area contributed by atoms with Crippen molar-refractivity contribution in [2.45, 2.75) is 52.0 Å². The number of hydrogen-bond donors (Lipinski definition) is 2. The third-order valence-electron chi connectivity index (χ3n) is 4.88. The highest BCUT2D eigenvalue weighted by molar-refractivity contribution is 4.95. The first-order valence-electron chi connectivity index (χ1n) is 7.76. The van der Waals surface area contributed by atoms with Gasteiger partial charge in [-0.05, 0) is 58.0 Å². The highest BCUT2D eigenvalue weighted by Crippen LogP contribution is 2.44. The highest BCUT2D eigenvalue weighted by atomic mass is 16.3. The Balaban J connectivity index is 1.72. The van der Waals surface area contributed by atoms with Gasteiger partial charge in [-0.1, -0.05) is 6.92 Å². The molecule has 0 aromatic rings. The van der Waals surface area contributed by atoms with Crippen molar-refractivity contribution in [3.8, 4) is 0 Å². The van der Waals surface area contributed by atoms with Crippen LogP contribution in [0.2, 0.25) is 0 Å². The molecule has 2 atom stereocenters. The van der Waals surface area contributed by atoms with Gasteiger partial charge in [0.2, 0.25) is 0 Å². The van der Waals surface area contributed by atoms with E-state index in [-0.39, 0.29) is 5.41 Å². The lowest BCUT2D eigenvalue weighted by Crippen LogP contribution is -2.46. The van der Waals surface area contributed by atoms with Crippen LogP contribution >= 0.6 is 0 Å². The van der Waals surface area contributed by atoms with Gasteiger partial charge in [0, 0.05) is 31.2 Å². The fraction of sp³-hybridized carbons (Fsp3) is 1.00. The van der Waals surface area contributed by atoms with Crippen LogP contribution in [0.5, 0.6) is 0 Å². The van der Waals surface area contributed by atoms with Crippen LogP contribution in [0.3, 0.4) is 0 Å². The van der Waals surface area contributed by atoms with Gasteiger partial charge in [0.25, 0.3) is 0 Å². The van der Waals surface area contributed by atoms with Gasteiger partial charge in [0.15, 0.2) is 0 Å². The zero-order valence-corrected chi connectivity index (χ0v) is 12.1. The molecule has 0 aromatic heterocycles. The molecule has 2 rings (SSSR count). The largest absolute Gasteiger partial charge is 0.396 e. The van der Waals surface area contributed by atoms with Gasteiger partial charge >= 0.3 is 0 Å². The average Bonchev–Trinajstić information content (AvgIpc) is 3.17. The number of aliphatic hydroxyl groups is 1. The smallest absolute Gasteiger partial charge is 0.0499 e. The predicted molar refractivity (Wildman–Crippen MR) is 75.7 cm³/mol. The summed E-state index contributed by atoms with van der Waals surface area (Å²) in [6.07, 6.45) is 6.39. The predicted octanol–water partition coefficient (Wildman–Crippen LogP) is 1.86. The van der Waals surface area contributed by atoms with E-state index in [1.165, 1.54) is 51.7 Å². The van der Waals surface area contributed by atoms with Crippen LogP contribution in [-0.2, 0) is 0 Å². The van der Waals surface area contributed by atoms with Gasteiger partial charge < -0.3 is 15.3 Å². The van der Waals surface area contributed by atoms with E-state index in [9.17, 15) is 5.11 Å². The maximum Gasteiger partial charge on any atom is 0.0499 e. The Morgan fingerprint density at radius 1 is 1.44 bits per heavy atom. The van der Waals surface area contributed by atoms with E-state index in [0.717, 1.165) is 12.5 Å². The molecule has 2 N–H and O–H groups in total. The molecule has 1 saturated carbocycles. The van der Waals surface area contributed by atoms with Crippen molar-refractivity contribution < 1.29 is 5.11 Å². The molecule has 1 heterocycles. The van der Waals surface area contributed by atoms with Crippen LogP contribution in [0.1, 0.15) is 46.0 Å². The van der Waals surface area contributed by atoms with Crippen LogP contribution in [-0.4, -0.2) is 48.8 Å². The summed E-state index contributed by atoms with van der Waals surface area (Å²) in [5.41, 5.74) is 0.242. The van der Waals surface area contributed by atoms with Crippen molar-refractivity contribution in [2.75, 3.05) is 32.8 Å². The summed E-state index contributed by atoms with van der Waals surface area (Å²) in [5.74, 6) is 0.791. The molecule has 1 aliphatic carbocycles. The molecular weight excluding hydrogens is 224 g/mol. The molecule has 2 aliphatic rings. The lowest BCUT2D eigenvalue weighted by atomic mass is 9.91. The van der Waals surface area contributed by atoms with Crippen molar-refractivity contribution >= 4 is 0 Å². The Labute approximate surface area is 112 Å². The van der Waals surface area contributed by atoms with E-state index >= 15 is 0 Å². The molecule has 0 bridgehead atoms. The summed E-state index contributed by atoms with van der Waals surface area (Å²) in [6.45, 7) is 9.76. The number of likely N-dealkylation sites (tertiary alicyclic amines) is 1. The van der Waals surface area contributed by atoms with Gasteiger partial charge in [-0.25, -0.2) is 0 Å². The molecular formula is C15H30N2O. The third kappa shape index (κ3) is 3.69. The summed E-state index contributed by atoms with van der Waals surface area (Å²) in [6, 6.07) is 0.591. The van der Waals surface area contributed by atoms with Gasteiger partial charge in [-0.15, -0.1) is 0 Å². The minimum absolute atomic E-state index is 0.242. The highest BCUT2D eigenvalue weighted by Gasteiger charge is 2.42. The molecule has 1 aliphatic heterocycles. The lowest BCUT2D eigenvalue weighted by Gasteiger charge is -2.36. The topological polar surface area (TPSA) is 35.5 Å². The summed E-state index contributed by atoms with van der Waals surface area (Å²) in [7, 11) is 0. The summed E-state index contributed by atoms with van der Waals surface area (Å²) in [4.78, 5) is 2.62. The first-order chi connectivity index (χ1) is 8.69. The molecule has 3 nitrogen and oxygen atoms in total. The minimum atomic E-state index is 0.242. The first kappa shape index (κ1) is 14.3. The van der Waals surface area contributed by atoms with Crippen LogP contribution in [0, 0.1) is 11.3 Å². The van der Waals surface area contributed by atoms with E-state index in [0.29, 0.717) is 12.6 Å². The molecule has 3 heteroatoms. The molecule has 0 radical (unpaired) electrons. The van der Waals surface area contributed by atoms with Crippen molar-refractivity contribution in [3.63, 3.8) is 0 Å². The van der Waals surface area contributed by atoms with Crippen molar-refractivity contribution in [3.05, 3.63) is 0 Å². The molecule has 2 fully saturated rings. The fourth-order valence-electron chi connectivity index (χ4n) is 3.13. The van der Waals surface area contributed by atoms with E-state index in [1.807, 2.05) is 0 Å². The number of rotatable bonds is 7.